The molecule has 2 aliphatic rings. The van der Waals surface area contributed by atoms with Crippen molar-refractivity contribution in [3.05, 3.63) is 65.0 Å². The number of nitrogens with two attached hydrogens (primary N) is 1. The van der Waals surface area contributed by atoms with Gasteiger partial charge < -0.3 is 10.6 Å². The summed E-state index contributed by atoms with van der Waals surface area (Å²) in [5, 5.41) is 0. The maximum absolute atomic E-state index is 15.2. The highest BCUT2D eigenvalue weighted by atomic mass is 32.2. The zero-order chi connectivity index (χ0) is 25.5. The van der Waals surface area contributed by atoms with E-state index in [9.17, 15) is 26.8 Å². The third-order valence-electron chi connectivity index (χ3n) is 7.07. The first kappa shape index (κ1) is 25.2. The monoisotopic (exact) mass is 508 g/mol. The number of primary amides is 1. The van der Waals surface area contributed by atoms with Gasteiger partial charge >= 0.3 is 0 Å². The average molecular weight is 509 g/mol. The normalized spacial score (nSPS) is 21.7. The summed E-state index contributed by atoms with van der Waals surface area (Å²) in [6.07, 6.45) is 0.880. The van der Waals surface area contributed by atoms with Crippen LogP contribution in [-0.2, 0) is 14.6 Å². The number of carbonyl (C=O) groups is 2. The van der Waals surface area contributed by atoms with E-state index in [0.717, 1.165) is 18.4 Å². The van der Waals surface area contributed by atoms with E-state index in [0.29, 0.717) is 25.7 Å². The fourth-order valence-electron chi connectivity index (χ4n) is 5.29. The van der Waals surface area contributed by atoms with Crippen LogP contribution in [0.1, 0.15) is 65.9 Å². The number of hydrogen-bond donors (Lipinski definition) is 1. The molecule has 0 radical (unpaired) electrons. The molecule has 2 N–H and O–H groups in total. The number of sulfone groups is 1. The molecule has 0 aromatic heterocycles. The molecule has 0 spiro atoms. The Morgan fingerprint density at radius 2 is 1.83 bits per heavy atom. The molecule has 10 heteroatoms. The van der Waals surface area contributed by atoms with Crippen molar-refractivity contribution in [2.45, 2.75) is 54.9 Å². The van der Waals surface area contributed by atoms with E-state index in [-0.39, 0.29) is 34.9 Å². The van der Waals surface area contributed by atoms with Gasteiger partial charge in [0.05, 0.1) is 4.90 Å². The number of hydrogen-bond acceptors (Lipinski definition) is 4. The lowest BCUT2D eigenvalue weighted by molar-refractivity contribution is -0.133. The number of benzene rings is 2. The van der Waals surface area contributed by atoms with Crippen LogP contribution < -0.4 is 5.73 Å². The van der Waals surface area contributed by atoms with Crippen LogP contribution in [0, 0.1) is 11.7 Å². The molecule has 188 valence electrons. The predicted octanol–water partition coefficient (Wildman–Crippen LogP) is 4.21. The molecule has 1 heterocycles. The molecule has 35 heavy (non-hydrogen) atoms. The summed E-state index contributed by atoms with van der Waals surface area (Å²) in [6, 6.07) is 8.71. The van der Waals surface area contributed by atoms with Gasteiger partial charge in [-0.2, -0.15) is 0 Å². The van der Waals surface area contributed by atoms with E-state index in [1.165, 1.54) is 35.2 Å². The standard InChI is InChI=1S/C25H27F3N2O4S/c1-35(33,34)18-6-4-5-17(13-18)23(31)30-12-3-2-11-25(30,24(29)32)21(15-7-8-15)19-10-9-16(22(27)28)14-20(19)26/h4-6,9-10,13-15,21-22H,2-3,7-8,11-12H2,1H3,(H2,29,32)/t21-,25?/m1/s1. The van der Waals surface area contributed by atoms with Crippen LogP contribution in [0.15, 0.2) is 47.4 Å². The molecule has 1 saturated carbocycles. The summed E-state index contributed by atoms with van der Waals surface area (Å²) in [4.78, 5) is 28.2. The number of piperidine rings is 1. The first-order chi connectivity index (χ1) is 16.5. The zero-order valence-corrected chi connectivity index (χ0v) is 20.0. The maximum atomic E-state index is 15.2. The average Bonchev–Trinajstić information content (AvgIpc) is 3.64. The molecular weight excluding hydrogens is 481 g/mol. The van der Waals surface area contributed by atoms with Gasteiger partial charge in [0, 0.05) is 29.8 Å². The van der Waals surface area contributed by atoms with Gasteiger partial charge in [-0.15, -0.1) is 0 Å². The molecule has 1 saturated heterocycles. The molecule has 2 aromatic rings. The minimum Gasteiger partial charge on any atom is -0.368 e. The molecule has 1 aliphatic heterocycles. The third-order valence-corrected chi connectivity index (χ3v) is 8.18. The molecule has 4 rings (SSSR count). The molecule has 1 unspecified atom stereocenters. The van der Waals surface area contributed by atoms with Gasteiger partial charge in [0.1, 0.15) is 11.4 Å². The highest BCUT2D eigenvalue weighted by Crippen LogP contribution is 2.54. The summed E-state index contributed by atoms with van der Waals surface area (Å²) in [7, 11) is -3.59. The summed E-state index contributed by atoms with van der Waals surface area (Å²) in [5.74, 6) is -3.19. The SMILES string of the molecule is CS(=O)(=O)c1cccc(C(=O)N2CCCCC2(C(N)=O)[C@@H](c2ccc(C(F)F)cc2F)C2CC2)c1. The molecule has 0 bridgehead atoms. The van der Waals surface area contributed by atoms with Crippen LogP contribution in [0.2, 0.25) is 0 Å². The highest BCUT2D eigenvalue weighted by Gasteiger charge is 2.57. The number of nitrogens with zero attached hydrogens (tertiary/aromatic N) is 1. The molecule has 1 aliphatic carbocycles. The summed E-state index contributed by atoms with van der Waals surface area (Å²) < 4.78 is 65.6. The van der Waals surface area contributed by atoms with E-state index in [1.807, 2.05) is 0 Å². The van der Waals surface area contributed by atoms with Gasteiger partial charge in [0.2, 0.25) is 5.91 Å². The second-order valence-electron chi connectivity index (χ2n) is 9.40. The number of rotatable bonds is 7. The Morgan fingerprint density at radius 3 is 2.40 bits per heavy atom. The lowest BCUT2D eigenvalue weighted by Crippen LogP contribution is -2.65. The van der Waals surface area contributed by atoms with Crippen LogP contribution >= 0.6 is 0 Å². The molecular formula is C25H27F3N2O4S. The van der Waals surface area contributed by atoms with Crippen molar-refractivity contribution in [3.8, 4) is 0 Å². The Labute approximate surface area is 202 Å². The van der Waals surface area contributed by atoms with E-state index in [2.05, 4.69) is 0 Å². The number of amides is 2. The highest BCUT2D eigenvalue weighted by molar-refractivity contribution is 7.90. The number of halogens is 3. The number of likely N-dealkylation sites (tertiary alicyclic amines) is 1. The van der Waals surface area contributed by atoms with Gasteiger partial charge in [0.15, 0.2) is 9.84 Å². The Kier molecular flexibility index (Phi) is 6.70. The predicted molar refractivity (Wildman–Crippen MR) is 123 cm³/mol. The van der Waals surface area contributed by atoms with Crippen molar-refractivity contribution < 1.29 is 31.2 Å². The third kappa shape index (κ3) is 4.68. The Morgan fingerprint density at radius 1 is 1.11 bits per heavy atom. The lowest BCUT2D eigenvalue weighted by atomic mass is 9.69. The van der Waals surface area contributed by atoms with Crippen molar-refractivity contribution in [2.75, 3.05) is 12.8 Å². The first-order valence-corrected chi connectivity index (χ1v) is 13.4. The lowest BCUT2D eigenvalue weighted by Gasteiger charge is -2.50. The number of carbonyl (C=O) groups excluding carboxylic acids is 2. The van der Waals surface area contributed by atoms with Crippen LogP contribution in [0.25, 0.3) is 0 Å². The van der Waals surface area contributed by atoms with E-state index >= 15 is 4.39 Å². The zero-order valence-electron chi connectivity index (χ0n) is 19.2. The minimum atomic E-state index is -3.59. The minimum absolute atomic E-state index is 0.0441. The second kappa shape index (κ2) is 9.29. The largest absolute Gasteiger partial charge is 0.368 e. The van der Waals surface area contributed by atoms with Crippen molar-refractivity contribution in [3.63, 3.8) is 0 Å². The maximum Gasteiger partial charge on any atom is 0.263 e. The van der Waals surface area contributed by atoms with Crippen molar-refractivity contribution in [2.24, 2.45) is 11.7 Å². The smallest absolute Gasteiger partial charge is 0.263 e. The molecule has 2 amide bonds. The van der Waals surface area contributed by atoms with Gasteiger partial charge in [-0.05, 0) is 67.9 Å². The Hall–Kier alpha value is -2.88. The van der Waals surface area contributed by atoms with Gasteiger partial charge in [0.25, 0.3) is 12.3 Å². The summed E-state index contributed by atoms with van der Waals surface area (Å²) in [5.41, 5.74) is 4.08. The van der Waals surface area contributed by atoms with E-state index in [4.69, 9.17) is 5.73 Å². The van der Waals surface area contributed by atoms with Gasteiger partial charge in [-0.25, -0.2) is 21.6 Å². The van der Waals surface area contributed by atoms with Gasteiger partial charge in [-0.1, -0.05) is 18.2 Å². The summed E-state index contributed by atoms with van der Waals surface area (Å²) in [6.45, 7) is 0.171. The molecule has 2 atom stereocenters. The van der Waals surface area contributed by atoms with Crippen LogP contribution in [0.4, 0.5) is 13.2 Å². The molecule has 6 nitrogen and oxygen atoms in total. The fraction of sp³-hybridized carbons (Fsp3) is 0.440. The van der Waals surface area contributed by atoms with Crippen LogP contribution in [0.5, 0.6) is 0 Å². The van der Waals surface area contributed by atoms with Crippen LogP contribution in [-0.4, -0.2) is 43.5 Å². The first-order valence-electron chi connectivity index (χ1n) is 11.5. The summed E-state index contributed by atoms with van der Waals surface area (Å²) >= 11 is 0. The van der Waals surface area contributed by atoms with Crippen LogP contribution in [0.3, 0.4) is 0 Å². The quantitative estimate of drug-likeness (QED) is 0.606. The number of alkyl halides is 2. The topological polar surface area (TPSA) is 97.5 Å². The molecule has 2 aromatic carbocycles. The fourth-order valence-corrected chi connectivity index (χ4v) is 5.96. The Bertz CT molecular complexity index is 1260. The second-order valence-corrected chi connectivity index (χ2v) is 11.4. The van der Waals surface area contributed by atoms with Gasteiger partial charge in [-0.3, -0.25) is 9.59 Å². The van der Waals surface area contributed by atoms with E-state index in [1.54, 1.807) is 0 Å². The molecule has 2 fully saturated rings. The Balaban J connectivity index is 1.84. The van der Waals surface area contributed by atoms with Crippen molar-refractivity contribution in [1.82, 2.24) is 4.90 Å². The van der Waals surface area contributed by atoms with Crippen molar-refractivity contribution in [1.29, 1.82) is 0 Å². The van der Waals surface area contributed by atoms with Crippen molar-refractivity contribution >= 4 is 21.7 Å². The van der Waals surface area contributed by atoms with E-state index < -0.39 is 50.9 Å².